The molecule has 0 saturated carbocycles. The van der Waals surface area contributed by atoms with Gasteiger partial charge in [-0.2, -0.15) is 0 Å². The van der Waals surface area contributed by atoms with Crippen LogP contribution in [0.2, 0.25) is 0 Å². The minimum absolute atomic E-state index is 0.804. The predicted octanol–water partition coefficient (Wildman–Crippen LogP) is 5.33. The fourth-order valence-electron chi connectivity index (χ4n) is 2.29. The number of nitrogens with one attached hydrogen (secondary N) is 1. The van der Waals surface area contributed by atoms with E-state index >= 15 is 0 Å². The molecule has 0 spiro atoms. The van der Waals surface area contributed by atoms with Crippen molar-refractivity contribution in [2.45, 2.75) is 41.0 Å². The van der Waals surface area contributed by atoms with Gasteiger partial charge in [-0.05, 0) is 74.9 Å². The molecule has 2 heteroatoms. The summed E-state index contributed by atoms with van der Waals surface area (Å²) < 4.78 is 0. The van der Waals surface area contributed by atoms with Gasteiger partial charge in [-0.3, -0.25) is 4.99 Å². The SMILES string of the molecule is C=C(C)C/C(=C/NC)C(=C)C(C)=Nc1cc(C)c(C)cc1C. The van der Waals surface area contributed by atoms with E-state index in [1.165, 1.54) is 16.7 Å². The molecule has 1 rings (SSSR count). The number of nitrogens with zero attached hydrogens (tertiary/aromatic N) is 1. The van der Waals surface area contributed by atoms with E-state index < -0.39 is 0 Å². The van der Waals surface area contributed by atoms with E-state index in [1.54, 1.807) is 0 Å². The lowest BCUT2D eigenvalue weighted by molar-refractivity contribution is 1.04. The first-order chi connectivity index (χ1) is 10.3. The van der Waals surface area contributed by atoms with Crippen LogP contribution in [0.1, 0.15) is 37.0 Å². The Balaban J connectivity index is 3.15. The average molecular weight is 296 g/mol. The van der Waals surface area contributed by atoms with E-state index in [0.29, 0.717) is 0 Å². The molecule has 0 amide bonds. The van der Waals surface area contributed by atoms with E-state index in [9.17, 15) is 0 Å². The number of hydrogen-bond donors (Lipinski definition) is 1. The fraction of sp³-hybridized carbons (Fsp3) is 0.350. The Morgan fingerprint density at radius 2 is 1.68 bits per heavy atom. The second kappa shape index (κ2) is 7.79. The van der Waals surface area contributed by atoms with Crippen LogP contribution in [0.5, 0.6) is 0 Å². The van der Waals surface area contributed by atoms with E-state index in [4.69, 9.17) is 4.99 Å². The number of benzene rings is 1. The average Bonchev–Trinajstić information content (AvgIpc) is 2.43. The zero-order valence-corrected chi connectivity index (χ0v) is 14.8. The summed E-state index contributed by atoms with van der Waals surface area (Å²) in [5, 5.41) is 3.08. The van der Waals surface area contributed by atoms with Gasteiger partial charge in [-0.25, -0.2) is 0 Å². The second-order valence-corrected chi connectivity index (χ2v) is 5.99. The molecule has 0 aliphatic carbocycles. The normalized spacial score (nSPS) is 12.3. The molecule has 22 heavy (non-hydrogen) atoms. The lowest BCUT2D eigenvalue weighted by Crippen LogP contribution is -2.05. The predicted molar refractivity (Wildman–Crippen MR) is 99.1 cm³/mol. The van der Waals surface area contributed by atoms with Crippen molar-refractivity contribution in [2.24, 2.45) is 4.99 Å². The van der Waals surface area contributed by atoms with Gasteiger partial charge < -0.3 is 5.32 Å². The van der Waals surface area contributed by atoms with Gasteiger partial charge in [0.15, 0.2) is 0 Å². The van der Waals surface area contributed by atoms with Crippen LogP contribution in [0.3, 0.4) is 0 Å². The van der Waals surface area contributed by atoms with Crippen LogP contribution in [-0.2, 0) is 0 Å². The first kappa shape index (κ1) is 18.0. The maximum absolute atomic E-state index is 4.79. The maximum atomic E-state index is 4.79. The highest BCUT2D eigenvalue weighted by molar-refractivity contribution is 6.03. The highest BCUT2D eigenvalue weighted by Gasteiger charge is 2.08. The largest absolute Gasteiger partial charge is 0.394 e. The Labute approximate surface area is 135 Å². The van der Waals surface area contributed by atoms with Gasteiger partial charge in [0.05, 0.1) is 5.69 Å². The Kier molecular flexibility index (Phi) is 6.36. The maximum Gasteiger partial charge on any atom is 0.0665 e. The molecule has 0 saturated heterocycles. The molecule has 0 atom stereocenters. The zero-order chi connectivity index (χ0) is 16.9. The molecule has 118 valence electrons. The minimum Gasteiger partial charge on any atom is -0.394 e. The van der Waals surface area contributed by atoms with E-state index in [-0.39, 0.29) is 0 Å². The molecule has 0 aliphatic rings. The number of aryl methyl sites for hydroxylation is 3. The van der Waals surface area contributed by atoms with Crippen LogP contribution < -0.4 is 5.32 Å². The van der Waals surface area contributed by atoms with Crippen LogP contribution in [0.25, 0.3) is 0 Å². The molecule has 1 aromatic carbocycles. The third kappa shape index (κ3) is 4.73. The molecular formula is C20H28N2. The Morgan fingerprint density at radius 3 is 2.23 bits per heavy atom. The van der Waals surface area contributed by atoms with Gasteiger partial charge >= 0.3 is 0 Å². The first-order valence-corrected chi connectivity index (χ1v) is 7.59. The quantitative estimate of drug-likeness (QED) is 0.428. The van der Waals surface area contributed by atoms with Gasteiger partial charge in [0.25, 0.3) is 0 Å². The summed E-state index contributed by atoms with van der Waals surface area (Å²) in [6, 6.07) is 4.32. The summed E-state index contributed by atoms with van der Waals surface area (Å²) >= 11 is 0. The van der Waals surface area contributed by atoms with Crippen molar-refractivity contribution in [3.8, 4) is 0 Å². The van der Waals surface area contributed by atoms with Crippen LogP contribution >= 0.6 is 0 Å². The highest BCUT2D eigenvalue weighted by atomic mass is 14.8. The number of rotatable bonds is 6. The fourth-order valence-corrected chi connectivity index (χ4v) is 2.29. The van der Waals surface area contributed by atoms with Crippen LogP contribution in [-0.4, -0.2) is 12.8 Å². The van der Waals surface area contributed by atoms with Gasteiger partial charge in [0, 0.05) is 19.0 Å². The lowest BCUT2D eigenvalue weighted by atomic mass is 9.98. The van der Waals surface area contributed by atoms with Gasteiger partial charge in [0.2, 0.25) is 0 Å². The molecule has 0 unspecified atom stereocenters. The summed E-state index contributed by atoms with van der Waals surface area (Å²) in [6.45, 7) is 18.6. The van der Waals surface area contributed by atoms with Crippen molar-refractivity contribution in [3.05, 3.63) is 64.9 Å². The highest BCUT2D eigenvalue weighted by Crippen LogP contribution is 2.25. The summed E-state index contributed by atoms with van der Waals surface area (Å²) in [6.07, 6.45) is 2.78. The minimum atomic E-state index is 0.804. The summed E-state index contributed by atoms with van der Waals surface area (Å²) in [5.41, 5.74) is 8.89. The molecule has 1 N–H and O–H groups in total. The lowest BCUT2D eigenvalue weighted by Gasteiger charge is -2.12. The number of hydrogen-bond acceptors (Lipinski definition) is 2. The molecule has 0 fully saturated rings. The number of aliphatic imine (C=N–C) groups is 1. The molecule has 0 bridgehead atoms. The standard InChI is InChI=1S/C20H28N2/c1-13(2)9-19(12-21-8)17(6)18(7)22-20-11-15(4)14(3)10-16(20)5/h10-12,21H,1,6,9H2,2-5,7-8H3/b19-12-,22-18?. The summed E-state index contributed by atoms with van der Waals surface area (Å²) in [4.78, 5) is 4.79. The summed E-state index contributed by atoms with van der Waals surface area (Å²) in [7, 11) is 1.89. The van der Waals surface area contributed by atoms with E-state index in [2.05, 4.69) is 51.4 Å². The van der Waals surface area contributed by atoms with Crippen LogP contribution in [0, 0.1) is 20.8 Å². The molecular weight excluding hydrogens is 268 g/mol. The van der Waals surface area contributed by atoms with Gasteiger partial charge in [0.1, 0.15) is 0 Å². The van der Waals surface area contributed by atoms with Crippen LogP contribution in [0.4, 0.5) is 5.69 Å². The third-order valence-electron chi connectivity index (χ3n) is 3.74. The second-order valence-electron chi connectivity index (χ2n) is 5.99. The van der Waals surface area contributed by atoms with Gasteiger partial charge in [-0.1, -0.05) is 24.8 Å². The molecule has 0 heterocycles. The first-order valence-electron chi connectivity index (χ1n) is 7.59. The molecule has 2 nitrogen and oxygen atoms in total. The molecule has 0 aromatic heterocycles. The molecule has 0 aliphatic heterocycles. The molecule has 1 aromatic rings. The Bertz CT molecular complexity index is 646. The Morgan fingerprint density at radius 1 is 1.09 bits per heavy atom. The monoisotopic (exact) mass is 296 g/mol. The molecule has 0 radical (unpaired) electrons. The zero-order valence-electron chi connectivity index (χ0n) is 14.8. The van der Waals surface area contributed by atoms with Crippen molar-refractivity contribution in [3.63, 3.8) is 0 Å². The smallest absolute Gasteiger partial charge is 0.0665 e. The number of allylic oxidation sites excluding steroid dienone is 3. The topological polar surface area (TPSA) is 24.4 Å². The Hall–Kier alpha value is -2.09. The van der Waals surface area contributed by atoms with Gasteiger partial charge in [-0.15, -0.1) is 0 Å². The van der Waals surface area contributed by atoms with Crippen molar-refractivity contribution in [2.75, 3.05) is 7.05 Å². The third-order valence-corrected chi connectivity index (χ3v) is 3.74. The van der Waals surface area contributed by atoms with E-state index in [0.717, 1.165) is 34.5 Å². The van der Waals surface area contributed by atoms with E-state index in [1.807, 2.05) is 27.1 Å². The van der Waals surface area contributed by atoms with Crippen molar-refractivity contribution < 1.29 is 0 Å². The summed E-state index contributed by atoms with van der Waals surface area (Å²) in [5.74, 6) is 0. The van der Waals surface area contributed by atoms with Crippen molar-refractivity contribution in [1.29, 1.82) is 0 Å². The van der Waals surface area contributed by atoms with Crippen LogP contribution in [0.15, 0.2) is 53.2 Å². The van der Waals surface area contributed by atoms with Crippen molar-refractivity contribution >= 4 is 11.4 Å². The van der Waals surface area contributed by atoms with Crippen molar-refractivity contribution in [1.82, 2.24) is 5.32 Å².